The first-order valence-corrected chi connectivity index (χ1v) is 6.48. The Kier molecular flexibility index (Phi) is 4.45. The summed E-state index contributed by atoms with van der Waals surface area (Å²) >= 11 is 0. The summed E-state index contributed by atoms with van der Waals surface area (Å²) in [6.45, 7) is 2.75. The van der Waals surface area contributed by atoms with Crippen LogP contribution in [0.3, 0.4) is 0 Å². The minimum atomic E-state index is -0.870. The molecule has 1 aromatic rings. The molecule has 1 aromatic carbocycles. The second-order valence-corrected chi connectivity index (χ2v) is 4.67. The summed E-state index contributed by atoms with van der Waals surface area (Å²) in [5.74, 6) is 0.0686. The van der Waals surface area contributed by atoms with Gasteiger partial charge in [0.15, 0.2) is 11.5 Å². The number of fused-ring (bicyclic) bond motifs is 1. The molecule has 6 heteroatoms. The lowest BCUT2D eigenvalue weighted by Crippen LogP contribution is -2.33. The smallest absolute Gasteiger partial charge is 0.303 e. The molecule has 1 atom stereocenters. The third kappa shape index (κ3) is 3.63. The van der Waals surface area contributed by atoms with Crippen LogP contribution in [-0.4, -0.2) is 36.2 Å². The predicted molar refractivity (Wildman–Crippen MR) is 71.2 cm³/mol. The van der Waals surface area contributed by atoms with E-state index in [2.05, 4.69) is 5.32 Å². The number of ether oxygens (including phenoxy) is 2. The van der Waals surface area contributed by atoms with Crippen LogP contribution in [0, 0.1) is 0 Å². The lowest BCUT2D eigenvalue weighted by atomic mass is 10.1. The van der Waals surface area contributed by atoms with Crippen LogP contribution >= 0.6 is 0 Å². The molecule has 0 aliphatic carbocycles. The van der Waals surface area contributed by atoms with Gasteiger partial charge >= 0.3 is 5.97 Å². The van der Waals surface area contributed by atoms with Crippen LogP contribution in [0.2, 0.25) is 0 Å². The Morgan fingerprint density at radius 3 is 2.70 bits per heavy atom. The Morgan fingerprint density at radius 2 is 2.00 bits per heavy atom. The molecule has 2 N–H and O–H groups in total. The van der Waals surface area contributed by atoms with E-state index in [9.17, 15) is 9.59 Å². The molecule has 1 unspecified atom stereocenters. The first kappa shape index (κ1) is 14.2. The number of benzene rings is 1. The highest BCUT2D eigenvalue weighted by Crippen LogP contribution is 2.30. The fourth-order valence-electron chi connectivity index (χ4n) is 1.90. The minimum absolute atomic E-state index is 0.0303. The van der Waals surface area contributed by atoms with E-state index < -0.39 is 5.97 Å². The van der Waals surface area contributed by atoms with Crippen molar-refractivity contribution in [3.8, 4) is 11.5 Å². The SMILES string of the molecule is CC(CCC(=O)O)NC(=O)c1ccc2c(c1)OCCO2. The van der Waals surface area contributed by atoms with E-state index in [0.717, 1.165) is 0 Å². The molecule has 0 radical (unpaired) electrons. The van der Waals surface area contributed by atoms with Gasteiger partial charge in [-0.05, 0) is 31.5 Å². The lowest BCUT2D eigenvalue weighted by molar-refractivity contribution is -0.137. The quantitative estimate of drug-likeness (QED) is 0.852. The largest absolute Gasteiger partial charge is 0.486 e. The number of rotatable bonds is 5. The number of nitrogens with one attached hydrogen (secondary N) is 1. The topological polar surface area (TPSA) is 84.9 Å². The van der Waals surface area contributed by atoms with Gasteiger partial charge in [0.2, 0.25) is 0 Å². The summed E-state index contributed by atoms with van der Waals surface area (Å²) in [6.07, 6.45) is 0.425. The molecule has 20 heavy (non-hydrogen) atoms. The molecule has 0 fully saturated rings. The molecule has 0 spiro atoms. The second-order valence-electron chi connectivity index (χ2n) is 4.67. The fourth-order valence-corrected chi connectivity index (χ4v) is 1.90. The molecule has 0 aromatic heterocycles. The summed E-state index contributed by atoms with van der Waals surface area (Å²) in [6, 6.07) is 4.79. The molecule has 1 aliphatic rings. The van der Waals surface area contributed by atoms with E-state index in [-0.39, 0.29) is 18.4 Å². The first-order valence-electron chi connectivity index (χ1n) is 6.48. The van der Waals surface area contributed by atoms with Crippen molar-refractivity contribution < 1.29 is 24.2 Å². The van der Waals surface area contributed by atoms with E-state index in [0.29, 0.717) is 36.7 Å². The Balaban J connectivity index is 1.97. The van der Waals surface area contributed by atoms with E-state index in [1.165, 1.54) is 0 Å². The maximum Gasteiger partial charge on any atom is 0.303 e. The van der Waals surface area contributed by atoms with Gasteiger partial charge in [-0.2, -0.15) is 0 Å². The van der Waals surface area contributed by atoms with Crippen LogP contribution < -0.4 is 14.8 Å². The highest BCUT2D eigenvalue weighted by atomic mass is 16.6. The predicted octanol–water partition coefficient (Wildman–Crippen LogP) is 1.44. The number of amides is 1. The number of carboxylic acid groups (broad SMARTS) is 1. The van der Waals surface area contributed by atoms with Crippen molar-refractivity contribution in [3.05, 3.63) is 23.8 Å². The summed E-state index contributed by atoms with van der Waals surface area (Å²) < 4.78 is 10.8. The number of hydrogen-bond donors (Lipinski definition) is 2. The zero-order valence-electron chi connectivity index (χ0n) is 11.2. The van der Waals surface area contributed by atoms with Crippen LogP contribution in [-0.2, 0) is 4.79 Å². The Hall–Kier alpha value is -2.24. The number of carboxylic acids is 1. The van der Waals surface area contributed by atoms with Gasteiger partial charge in [-0.15, -0.1) is 0 Å². The summed E-state index contributed by atoms with van der Waals surface area (Å²) in [5.41, 5.74) is 0.469. The summed E-state index contributed by atoms with van der Waals surface area (Å²) in [7, 11) is 0. The Labute approximate surface area is 116 Å². The molecule has 0 saturated heterocycles. The number of carbonyl (C=O) groups excluding carboxylic acids is 1. The van der Waals surface area contributed by atoms with E-state index in [1.807, 2.05) is 0 Å². The zero-order valence-corrected chi connectivity index (χ0v) is 11.2. The van der Waals surface area contributed by atoms with E-state index >= 15 is 0 Å². The Morgan fingerprint density at radius 1 is 1.30 bits per heavy atom. The van der Waals surface area contributed by atoms with Gasteiger partial charge in [-0.3, -0.25) is 9.59 Å². The van der Waals surface area contributed by atoms with Crippen LogP contribution in [0.1, 0.15) is 30.1 Å². The van der Waals surface area contributed by atoms with Gasteiger partial charge in [0.1, 0.15) is 13.2 Å². The van der Waals surface area contributed by atoms with Gasteiger partial charge in [0, 0.05) is 18.0 Å². The van der Waals surface area contributed by atoms with Crippen molar-refractivity contribution in [2.75, 3.05) is 13.2 Å². The molecule has 1 heterocycles. The second kappa shape index (κ2) is 6.27. The third-order valence-corrected chi connectivity index (χ3v) is 2.97. The van der Waals surface area contributed by atoms with Crippen molar-refractivity contribution >= 4 is 11.9 Å². The molecule has 108 valence electrons. The number of aliphatic carboxylic acids is 1. The first-order chi connectivity index (χ1) is 9.56. The van der Waals surface area contributed by atoms with Crippen molar-refractivity contribution in [2.45, 2.75) is 25.8 Å². The molecule has 0 bridgehead atoms. The highest BCUT2D eigenvalue weighted by molar-refractivity contribution is 5.95. The number of hydrogen-bond acceptors (Lipinski definition) is 4. The molecule has 6 nitrogen and oxygen atoms in total. The van der Waals surface area contributed by atoms with Gasteiger partial charge < -0.3 is 19.9 Å². The van der Waals surface area contributed by atoms with Crippen molar-refractivity contribution in [3.63, 3.8) is 0 Å². The zero-order chi connectivity index (χ0) is 14.5. The monoisotopic (exact) mass is 279 g/mol. The van der Waals surface area contributed by atoms with Gasteiger partial charge in [0.25, 0.3) is 5.91 Å². The van der Waals surface area contributed by atoms with Crippen molar-refractivity contribution in [2.24, 2.45) is 0 Å². The molecule has 2 rings (SSSR count). The molecular weight excluding hydrogens is 262 g/mol. The normalized spacial score (nSPS) is 14.4. The highest BCUT2D eigenvalue weighted by Gasteiger charge is 2.16. The molecule has 1 amide bonds. The maximum atomic E-state index is 12.0. The Bertz CT molecular complexity index is 514. The molecule has 1 aliphatic heterocycles. The molecular formula is C14H17NO5. The van der Waals surface area contributed by atoms with Gasteiger partial charge in [0.05, 0.1) is 0 Å². The fraction of sp³-hybridized carbons (Fsp3) is 0.429. The van der Waals surface area contributed by atoms with E-state index in [4.69, 9.17) is 14.6 Å². The van der Waals surface area contributed by atoms with Crippen molar-refractivity contribution in [1.29, 1.82) is 0 Å². The third-order valence-electron chi connectivity index (χ3n) is 2.97. The number of carbonyl (C=O) groups is 2. The van der Waals surface area contributed by atoms with E-state index in [1.54, 1.807) is 25.1 Å². The molecule has 0 saturated carbocycles. The maximum absolute atomic E-state index is 12.0. The van der Waals surface area contributed by atoms with Crippen LogP contribution in [0.5, 0.6) is 11.5 Å². The average Bonchev–Trinajstić information content (AvgIpc) is 2.44. The van der Waals surface area contributed by atoms with Crippen molar-refractivity contribution in [1.82, 2.24) is 5.32 Å². The lowest BCUT2D eigenvalue weighted by Gasteiger charge is -2.19. The summed E-state index contributed by atoms with van der Waals surface area (Å²) in [4.78, 5) is 22.5. The average molecular weight is 279 g/mol. The van der Waals surface area contributed by atoms with Crippen LogP contribution in [0.4, 0.5) is 0 Å². The van der Waals surface area contributed by atoms with Crippen LogP contribution in [0.15, 0.2) is 18.2 Å². The van der Waals surface area contributed by atoms with Gasteiger partial charge in [-0.1, -0.05) is 0 Å². The van der Waals surface area contributed by atoms with Crippen LogP contribution in [0.25, 0.3) is 0 Å². The standard InChI is InChI=1S/C14H17NO5/c1-9(2-5-13(16)17)15-14(18)10-3-4-11-12(8-10)20-7-6-19-11/h3-4,8-9H,2,5-7H2,1H3,(H,15,18)(H,16,17). The summed E-state index contributed by atoms with van der Waals surface area (Å²) in [5, 5.41) is 11.4. The minimum Gasteiger partial charge on any atom is -0.486 e. The van der Waals surface area contributed by atoms with Gasteiger partial charge in [-0.25, -0.2) is 0 Å².